The van der Waals surface area contributed by atoms with Crippen LogP contribution in [0, 0.1) is 11.8 Å². The van der Waals surface area contributed by atoms with E-state index in [0.29, 0.717) is 16.7 Å². The largest absolute Gasteiger partial charge is 0.459 e. The van der Waals surface area contributed by atoms with Crippen molar-refractivity contribution in [1.29, 1.82) is 0 Å². The van der Waals surface area contributed by atoms with Crippen molar-refractivity contribution in [2.45, 2.75) is 149 Å². The van der Waals surface area contributed by atoms with Gasteiger partial charge in [-0.05, 0) is 116 Å². The van der Waals surface area contributed by atoms with Gasteiger partial charge in [-0.2, -0.15) is 0 Å². The Bertz CT molecular complexity index is 2300. The van der Waals surface area contributed by atoms with Gasteiger partial charge in [-0.25, -0.2) is 28.8 Å². The molecule has 3 N–H and O–H groups in total. The van der Waals surface area contributed by atoms with Crippen molar-refractivity contribution in [2.75, 3.05) is 0 Å². The summed E-state index contributed by atoms with van der Waals surface area (Å²) in [5.74, 6) is 4.02. The van der Waals surface area contributed by atoms with Crippen molar-refractivity contribution in [3.63, 3.8) is 0 Å². The Morgan fingerprint density at radius 2 is 0.800 bits per heavy atom. The molecule has 0 aliphatic carbocycles. The fourth-order valence-corrected chi connectivity index (χ4v) is 6.46. The molecule has 3 atom stereocenters. The van der Waals surface area contributed by atoms with Crippen molar-refractivity contribution < 1.29 is 57.2 Å². The Labute approximate surface area is 410 Å². The topological polar surface area (TPSA) is 207 Å². The molecule has 1 heterocycles. The molecule has 4 aromatic rings. The Morgan fingerprint density at radius 1 is 0.486 bits per heavy atom. The van der Waals surface area contributed by atoms with Crippen LogP contribution in [0.4, 0.5) is 14.4 Å². The van der Waals surface area contributed by atoms with Crippen LogP contribution >= 0.6 is 0 Å². The highest BCUT2D eigenvalue weighted by Crippen LogP contribution is 2.20. The Morgan fingerprint density at radius 3 is 1.13 bits per heavy atom. The van der Waals surface area contributed by atoms with Gasteiger partial charge in [0, 0.05) is 24.4 Å². The first-order valence-corrected chi connectivity index (χ1v) is 23.1. The zero-order chi connectivity index (χ0) is 51.3. The second kappa shape index (κ2) is 26.4. The average molecular weight is 963 g/mol. The highest BCUT2D eigenvalue weighted by atomic mass is 16.6. The molecular weight excluding hydrogens is 897 g/mol. The summed E-state index contributed by atoms with van der Waals surface area (Å²) in [4.78, 5) is 84.5. The second-order valence-electron chi connectivity index (χ2n) is 19.3. The fourth-order valence-electron chi connectivity index (χ4n) is 6.46. The standard InChI is InChI=1S/C54H66N4O12/c1-52(2,3)68-49(62)56-43(46(59)65-34-37-20-13-10-14-21-37)27-19-26-42-40(28-30-44(57-50(63)69-53(4,5)6)47(60)66-35-38-22-15-11-16-23-38)32-55-33-41(42)29-31-45(58-51(64)70-54(7,8)9)48(61)67-36-39-24-17-12-18-25-39/h10-18,20-25,32-33,43-45H,27-31,34-36H2,1-9H3,(H,56,62)(H,57,63)(H,58,64)/t43-,44+,45+/m1/s1. The van der Waals surface area contributed by atoms with Crippen LogP contribution in [0.2, 0.25) is 0 Å². The summed E-state index contributed by atoms with van der Waals surface area (Å²) in [6.45, 7) is 15.1. The maximum absolute atomic E-state index is 13.7. The number of nitrogens with zero attached hydrogens (tertiary/aromatic N) is 1. The lowest BCUT2D eigenvalue weighted by Crippen LogP contribution is -2.44. The van der Waals surface area contributed by atoms with Crippen LogP contribution in [-0.4, -0.2) is 76.1 Å². The average Bonchev–Trinajstić information content (AvgIpc) is 3.28. The van der Waals surface area contributed by atoms with E-state index in [1.165, 1.54) is 0 Å². The zero-order valence-corrected chi connectivity index (χ0v) is 41.6. The van der Waals surface area contributed by atoms with Gasteiger partial charge < -0.3 is 44.4 Å². The van der Waals surface area contributed by atoms with Gasteiger partial charge in [0.1, 0.15) is 54.7 Å². The molecule has 0 spiro atoms. The van der Waals surface area contributed by atoms with E-state index in [1.807, 2.05) is 54.6 Å². The number of benzene rings is 3. The van der Waals surface area contributed by atoms with E-state index in [0.717, 1.165) is 16.7 Å². The number of nitrogens with one attached hydrogen (secondary N) is 3. The van der Waals surface area contributed by atoms with Crippen LogP contribution < -0.4 is 16.0 Å². The number of carbonyl (C=O) groups excluding carboxylic acids is 6. The molecule has 4 rings (SSSR count). The smallest absolute Gasteiger partial charge is 0.408 e. The predicted molar refractivity (Wildman–Crippen MR) is 261 cm³/mol. The van der Waals surface area contributed by atoms with Gasteiger partial charge in [0.2, 0.25) is 0 Å². The number of rotatable bonds is 19. The lowest BCUT2D eigenvalue weighted by molar-refractivity contribution is -0.148. The molecule has 0 fully saturated rings. The van der Waals surface area contributed by atoms with Gasteiger partial charge >= 0.3 is 36.2 Å². The molecule has 1 aromatic heterocycles. The number of hydrogen-bond acceptors (Lipinski definition) is 13. The minimum atomic E-state index is -1.26. The maximum Gasteiger partial charge on any atom is 0.408 e. The SMILES string of the molecule is CC(C)(C)OC(=O)N[C@@H](CCc1cncc(CC[C@H](NC(=O)OC(C)(C)C)C(=O)OCc2ccccc2)c1C#CC[C@@H](NC(=O)OC(C)(C)C)C(=O)OCc1ccccc1)C(=O)OCc1ccccc1. The third-order valence-corrected chi connectivity index (χ3v) is 9.63. The number of pyridine rings is 1. The number of esters is 3. The summed E-state index contributed by atoms with van der Waals surface area (Å²) in [6.07, 6.45) is 0.630. The number of aryl methyl sites for hydroxylation is 2. The molecule has 16 nitrogen and oxygen atoms in total. The van der Waals surface area contributed by atoms with E-state index in [4.69, 9.17) is 28.4 Å². The van der Waals surface area contributed by atoms with Crippen LogP contribution in [0.5, 0.6) is 0 Å². The zero-order valence-electron chi connectivity index (χ0n) is 41.6. The molecule has 0 bridgehead atoms. The first-order chi connectivity index (χ1) is 33.0. The lowest BCUT2D eigenvalue weighted by Gasteiger charge is -2.23. The lowest BCUT2D eigenvalue weighted by atomic mass is 9.95. The third-order valence-electron chi connectivity index (χ3n) is 9.63. The van der Waals surface area contributed by atoms with Crippen molar-refractivity contribution in [1.82, 2.24) is 20.9 Å². The monoisotopic (exact) mass is 962 g/mol. The van der Waals surface area contributed by atoms with E-state index < -0.39 is 71.1 Å². The van der Waals surface area contributed by atoms with Gasteiger partial charge in [-0.1, -0.05) is 103 Å². The van der Waals surface area contributed by atoms with Crippen LogP contribution in [0.15, 0.2) is 103 Å². The maximum atomic E-state index is 13.7. The van der Waals surface area contributed by atoms with E-state index >= 15 is 0 Å². The van der Waals surface area contributed by atoms with Crippen molar-refractivity contribution in [2.24, 2.45) is 0 Å². The summed E-state index contributed by atoms with van der Waals surface area (Å²) < 4.78 is 33.4. The summed E-state index contributed by atoms with van der Waals surface area (Å²) in [7, 11) is 0. The molecule has 0 aliphatic rings. The van der Waals surface area contributed by atoms with Gasteiger partial charge in [0.25, 0.3) is 0 Å². The van der Waals surface area contributed by atoms with E-state index in [-0.39, 0.29) is 51.9 Å². The number of ether oxygens (including phenoxy) is 6. The highest BCUT2D eigenvalue weighted by molar-refractivity contribution is 5.83. The molecule has 70 heavy (non-hydrogen) atoms. The van der Waals surface area contributed by atoms with Gasteiger partial charge in [-0.3, -0.25) is 4.98 Å². The number of alkyl carbamates (subject to hydrolysis) is 3. The van der Waals surface area contributed by atoms with Gasteiger partial charge in [0.05, 0.1) is 0 Å². The predicted octanol–water partition coefficient (Wildman–Crippen LogP) is 8.60. The molecule has 0 saturated carbocycles. The second-order valence-corrected chi connectivity index (χ2v) is 19.3. The minimum Gasteiger partial charge on any atom is -0.459 e. The van der Waals surface area contributed by atoms with Crippen LogP contribution in [-0.2, 0) is 75.5 Å². The van der Waals surface area contributed by atoms with Gasteiger partial charge in [0.15, 0.2) is 0 Å². The first kappa shape index (κ1) is 55.2. The quantitative estimate of drug-likeness (QED) is 0.0458. The van der Waals surface area contributed by atoms with E-state index in [2.05, 4.69) is 32.8 Å². The molecule has 0 unspecified atom stereocenters. The molecule has 16 heteroatoms. The van der Waals surface area contributed by atoms with Crippen molar-refractivity contribution in [3.05, 3.63) is 137 Å². The summed E-state index contributed by atoms with van der Waals surface area (Å²) >= 11 is 0. The molecule has 0 saturated heterocycles. The van der Waals surface area contributed by atoms with Crippen LogP contribution in [0.25, 0.3) is 0 Å². The van der Waals surface area contributed by atoms with Crippen molar-refractivity contribution in [3.8, 4) is 11.8 Å². The van der Waals surface area contributed by atoms with E-state index in [9.17, 15) is 28.8 Å². The molecule has 3 aromatic carbocycles. The van der Waals surface area contributed by atoms with Crippen LogP contribution in [0.1, 0.15) is 115 Å². The number of hydrogen-bond donors (Lipinski definition) is 3. The number of amides is 3. The normalized spacial score (nSPS) is 12.6. The fraction of sp³-hybridized carbons (Fsp3) is 0.426. The summed E-state index contributed by atoms with van der Waals surface area (Å²) in [5, 5.41) is 7.90. The third kappa shape index (κ3) is 21.3. The van der Waals surface area contributed by atoms with Crippen molar-refractivity contribution >= 4 is 36.2 Å². The van der Waals surface area contributed by atoms with Crippen LogP contribution in [0.3, 0.4) is 0 Å². The van der Waals surface area contributed by atoms with Gasteiger partial charge in [-0.15, -0.1) is 0 Å². The molecule has 0 radical (unpaired) electrons. The first-order valence-electron chi connectivity index (χ1n) is 23.1. The van der Waals surface area contributed by atoms with E-state index in [1.54, 1.807) is 111 Å². The molecule has 0 aliphatic heterocycles. The minimum absolute atomic E-state index is 0.00987. The molecule has 374 valence electrons. The Kier molecular flexibility index (Phi) is 20.8. The summed E-state index contributed by atoms with van der Waals surface area (Å²) in [5.41, 5.74) is 1.11. The molecule has 3 amide bonds. The number of carbonyl (C=O) groups is 6. The molecular formula is C54H66N4O12. The Hall–Kier alpha value is -7.41. The summed E-state index contributed by atoms with van der Waals surface area (Å²) in [6, 6.07) is 23.6. The highest BCUT2D eigenvalue weighted by Gasteiger charge is 2.29. The number of aromatic nitrogens is 1. The Balaban J connectivity index is 1.71.